The van der Waals surface area contributed by atoms with Crippen LogP contribution in [0.2, 0.25) is 0 Å². The van der Waals surface area contributed by atoms with Gasteiger partial charge in [-0.1, -0.05) is 0 Å². The molecule has 1 saturated heterocycles. The molecule has 2 aliphatic rings. The summed E-state index contributed by atoms with van der Waals surface area (Å²) in [6.07, 6.45) is 5.89. The van der Waals surface area contributed by atoms with Crippen molar-refractivity contribution in [2.75, 3.05) is 13.1 Å². The predicted molar refractivity (Wildman–Crippen MR) is 60.5 cm³/mol. The Hall–Kier alpha value is -0.570. The Morgan fingerprint density at radius 3 is 2.87 bits per heavy atom. The van der Waals surface area contributed by atoms with Crippen LogP contribution in [-0.4, -0.2) is 25.0 Å². The Morgan fingerprint density at radius 2 is 2.27 bits per heavy atom. The van der Waals surface area contributed by atoms with Gasteiger partial charge in [-0.15, -0.1) is 0 Å². The van der Waals surface area contributed by atoms with E-state index in [1.807, 2.05) is 0 Å². The smallest absolute Gasteiger partial charge is 0.223 e. The summed E-state index contributed by atoms with van der Waals surface area (Å²) in [5, 5.41) is 6.48. The lowest BCUT2D eigenvalue weighted by Crippen LogP contribution is -2.34. The van der Waals surface area contributed by atoms with Crippen molar-refractivity contribution in [3.05, 3.63) is 0 Å². The van der Waals surface area contributed by atoms with Crippen LogP contribution in [-0.2, 0) is 4.79 Å². The second-order valence-corrected chi connectivity index (χ2v) is 5.12. The van der Waals surface area contributed by atoms with Crippen LogP contribution in [0.5, 0.6) is 0 Å². The first kappa shape index (κ1) is 10.9. The van der Waals surface area contributed by atoms with E-state index in [0.29, 0.717) is 12.0 Å². The molecular formula is C12H22N2O. The third kappa shape index (κ3) is 3.49. The topological polar surface area (TPSA) is 41.1 Å². The molecule has 86 valence electrons. The van der Waals surface area contributed by atoms with Gasteiger partial charge in [0.25, 0.3) is 0 Å². The lowest BCUT2D eigenvalue weighted by Gasteiger charge is -2.15. The van der Waals surface area contributed by atoms with E-state index in [9.17, 15) is 4.79 Å². The summed E-state index contributed by atoms with van der Waals surface area (Å²) in [7, 11) is 0. The summed E-state index contributed by atoms with van der Waals surface area (Å²) < 4.78 is 0. The maximum absolute atomic E-state index is 11.5. The largest absolute Gasteiger partial charge is 0.353 e. The minimum Gasteiger partial charge on any atom is -0.353 e. The van der Waals surface area contributed by atoms with Crippen LogP contribution < -0.4 is 10.6 Å². The number of nitrogens with one attached hydrogen (secondary N) is 2. The van der Waals surface area contributed by atoms with Crippen LogP contribution in [0.15, 0.2) is 0 Å². The number of rotatable bonds is 5. The van der Waals surface area contributed by atoms with Crippen molar-refractivity contribution in [3.63, 3.8) is 0 Å². The molecule has 3 nitrogen and oxygen atoms in total. The summed E-state index contributed by atoms with van der Waals surface area (Å²) in [5.41, 5.74) is 0. The molecule has 2 rings (SSSR count). The highest BCUT2D eigenvalue weighted by Gasteiger charge is 2.30. The minimum atomic E-state index is 0.284. The molecule has 2 unspecified atom stereocenters. The maximum atomic E-state index is 11.5. The Labute approximate surface area is 92.0 Å². The van der Waals surface area contributed by atoms with Crippen molar-refractivity contribution in [1.82, 2.24) is 10.6 Å². The quantitative estimate of drug-likeness (QED) is 0.718. The molecule has 1 amide bonds. The SMILES string of the molecule is CC(CCC1CCNC1)NC(=O)C1CC1. The van der Waals surface area contributed by atoms with Crippen molar-refractivity contribution < 1.29 is 4.79 Å². The number of carbonyl (C=O) groups excluding carboxylic acids is 1. The van der Waals surface area contributed by atoms with Gasteiger partial charge in [0.1, 0.15) is 0 Å². The number of hydrogen-bond acceptors (Lipinski definition) is 2. The Kier molecular flexibility index (Phi) is 3.62. The van der Waals surface area contributed by atoms with Crippen LogP contribution >= 0.6 is 0 Å². The van der Waals surface area contributed by atoms with Gasteiger partial charge >= 0.3 is 0 Å². The van der Waals surface area contributed by atoms with E-state index >= 15 is 0 Å². The Balaban J connectivity index is 1.58. The van der Waals surface area contributed by atoms with Gasteiger partial charge in [0, 0.05) is 12.0 Å². The van der Waals surface area contributed by atoms with Gasteiger partial charge in [-0.3, -0.25) is 4.79 Å². The Morgan fingerprint density at radius 1 is 1.47 bits per heavy atom. The standard InChI is InChI=1S/C12H22N2O/c1-9(14-12(15)11-4-5-11)2-3-10-6-7-13-8-10/h9-11,13H,2-8H2,1H3,(H,14,15). The van der Waals surface area contributed by atoms with Gasteiger partial charge in [-0.05, 0) is 58.0 Å². The van der Waals surface area contributed by atoms with Gasteiger partial charge in [0.15, 0.2) is 0 Å². The summed E-state index contributed by atoms with van der Waals surface area (Å²) in [5.74, 6) is 1.47. The van der Waals surface area contributed by atoms with Gasteiger partial charge in [-0.25, -0.2) is 0 Å². The molecule has 0 radical (unpaired) electrons. The lowest BCUT2D eigenvalue weighted by atomic mass is 10.00. The van der Waals surface area contributed by atoms with E-state index < -0.39 is 0 Å². The normalized spacial score (nSPS) is 27.7. The molecule has 1 aliphatic carbocycles. The molecule has 15 heavy (non-hydrogen) atoms. The van der Waals surface area contributed by atoms with Crippen LogP contribution in [0.25, 0.3) is 0 Å². The predicted octanol–water partition coefficient (Wildman–Crippen LogP) is 1.29. The van der Waals surface area contributed by atoms with Crippen molar-refractivity contribution in [2.24, 2.45) is 11.8 Å². The minimum absolute atomic E-state index is 0.284. The lowest BCUT2D eigenvalue weighted by molar-refractivity contribution is -0.122. The summed E-state index contributed by atoms with van der Waals surface area (Å²) in [6, 6.07) is 0.360. The fraction of sp³-hybridized carbons (Fsp3) is 0.917. The zero-order valence-corrected chi connectivity index (χ0v) is 9.59. The van der Waals surface area contributed by atoms with E-state index in [1.54, 1.807) is 0 Å². The molecular weight excluding hydrogens is 188 g/mol. The van der Waals surface area contributed by atoms with Gasteiger partial charge < -0.3 is 10.6 Å². The summed E-state index contributed by atoms with van der Waals surface area (Å²) in [6.45, 7) is 4.47. The summed E-state index contributed by atoms with van der Waals surface area (Å²) >= 11 is 0. The highest BCUT2D eigenvalue weighted by molar-refractivity contribution is 5.81. The van der Waals surface area contributed by atoms with Crippen LogP contribution in [0.3, 0.4) is 0 Å². The van der Waals surface area contributed by atoms with E-state index in [-0.39, 0.29) is 5.91 Å². The Bertz CT molecular complexity index is 220. The van der Waals surface area contributed by atoms with E-state index in [0.717, 1.165) is 25.2 Å². The van der Waals surface area contributed by atoms with E-state index in [4.69, 9.17) is 0 Å². The van der Waals surface area contributed by atoms with E-state index in [1.165, 1.54) is 25.9 Å². The fourth-order valence-corrected chi connectivity index (χ4v) is 2.22. The van der Waals surface area contributed by atoms with Crippen molar-refractivity contribution in [2.45, 2.75) is 45.1 Å². The van der Waals surface area contributed by atoms with Crippen LogP contribution in [0, 0.1) is 11.8 Å². The molecule has 0 aromatic carbocycles. The van der Waals surface area contributed by atoms with Crippen LogP contribution in [0.4, 0.5) is 0 Å². The molecule has 1 heterocycles. The highest BCUT2D eigenvalue weighted by atomic mass is 16.2. The molecule has 0 aromatic rings. The number of carbonyl (C=O) groups is 1. The highest BCUT2D eigenvalue weighted by Crippen LogP contribution is 2.29. The molecule has 2 N–H and O–H groups in total. The molecule has 2 fully saturated rings. The first-order valence-electron chi connectivity index (χ1n) is 6.27. The zero-order valence-electron chi connectivity index (χ0n) is 9.59. The first-order valence-corrected chi connectivity index (χ1v) is 6.27. The van der Waals surface area contributed by atoms with Crippen LogP contribution in [0.1, 0.15) is 39.0 Å². The molecule has 3 heteroatoms. The second-order valence-electron chi connectivity index (χ2n) is 5.12. The monoisotopic (exact) mass is 210 g/mol. The average Bonchev–Trinajstić information content (AvgIpc) is 2.93. The first-order chi connectivity index (χ1) is 7.25. The third-order valence-electron chi connectivity index (χ3n) is 3.51. The number of hydrogen-bond donors (Lipinski definition) is 2. The number of amides is 1. The third-order valence-corrected chi connectivity index (χ3v) is 3.51. The zero-order chi connectivity index (χ0) is 10.7. The molecule has 0 spiro atoms. The molecule has 2 atom stereocenters. The van der Waals surface area contributed by atoms with Gasteiger partial charge in [0.05, 0.1) is 0 Å². The molecule has 0 aromatic heterocycles. The summed E-state index contributed by atoms with van der Waals surface area (Å²) in [4.78, 5) is 11.5. The average molecular weight is 210 g/mol. The molecule has 0 bridgehead atoms. The molecule has 1 aliphatic heterocycles. The van der Waals surface area contributed by atoms with Crippen molar-refractivity contribution in [1.29, 1.82) is 0 Å². The van der Waals surface area contributed by atoms with Crippen molar-refractivity contribution in [3.8, 4) is 0 Å². The van der Waals surface area contributed by atoms with E-state index in [2.05, 4.69) is 17.6 Å². The van der Waals surface area contributed by atoms with Gasteiger partial charge in [0.2, 0.25) is 5.91 Å². The maximum Gasteiger partial charge on any atom is 0.223 e. The van der Waals surface area contributed by atoms with Crippen molar-refractivity contribution >= 4 is 5.91 Å². The van der Waals surface area contributed by atoms with Gasteiger partial charge in [-0.2, -0.15) is 0 Å². The molecule has 1 saturated carbocycles. The fourth-order valence-electron chi connectivity index (χ4n) is 2.22. The second kappa shape index (κ2) is 4.97.